The van der Waals surface area contributed by atoms with Gasteiger partial charge in [-0.15, -0.1) is 0 Å². The third-order valence-electron chi connectivity index (χ3n) is 2.87. The molecule has 20 heavy (non-hydrogen) atoms. The lowest BCUT2D eigenvalue weighted by Gasteiger charge is -2.09. The van der Waals surface area contributed by atoms with Gasteiger partial charge in [-0.2, -0.15) is 0 Å². The van der Waals surface area contributed by atoms with Crippen LogP contribution in [0.2, 0.25) is 0 Å². The first kappa shape index (κ1) is 13.7. The van der Waals surface area contributed by atoms with E-state index in [0.717, 1.165) is 11.6 Å². The molecule has 0 aliphatic rings. The predicted molar refractivity (Wildman–Crippen MR) is 72.5 cm³/mol. The molecular formula is C15H12FNO3. The van der Waals surface area contributed by atoms with Crippen LogP contribution in [-0.4, -0.2) is 17.0 Å². The molecule has 0 heterocycles. The van der Waals surface area contributed by atoms with Crippen LogP contribution < -0.4 is 5.32 Å². The summed E-state index contributed by atoms with van der Waals surface area (Å²) in [6, 6.07) is 10.7. The Morgan fingerprint density at radius 3 is 2.35 bits per heavy atom. The Bertz CT molecular complexity index is 683. The molecule has 4 nitrogen and oxygen atoms in total. The van der Waals surface area contributed by atoms with Crippen molar-refractivity contribution >= 4 is 17.6 Å². The van der Waals surface area contributed by atoms with Crippen molar-refractivity contribution in [1.82, 2.24) is 0 Å². The van der Waals surface area contributed by atoms with Gasteiger partial charge in [0.25, 0.3) is 5.91 Å². The minimum absolute atomic E-state index is 0.154. The second kappa shape index (κ2) is 5.52. The number of benzene rings is 2. The second-order valence-electron chi connectivity index (χ2n) is 4.24. The summed E-state index contributed by atoms with van der Waals surface area (Å²) in [7, 11) is 0. The summed E-state index contributed by atoms with van der Waals surface area (Å²) in [5.74, 6) is -2.82. The second-order valence-corrected chi connectivity index (χ2v) is 4.24. The van der Waals surface area contributed by atoms with E-state index in [1.165, 1.54) is 12.1 Å². The van der Waals surface area contributed by atoms with Crippen LogP contribution in [0.4, 0.5) is 10.1 Å². The van der Waals surface area contributed by atoms with Crippen LogP contribution in [0.5, 0.6) is 0 Å². The maximum atomic E-state index is 13.9. The van der Waals surface area contributed by atoms with E-state index in [1.807, 2.05) is 0 Å². The van der Waals surface area contributed by atoms with Crippen molar-refractivity contribution in [3.05, 3.63) is 65.0 Å². The summed E-state index contributed by atoms with van der Waals surface area (Å²) >= 11 is 0. The van der Waals surface area contributed by atoms with Crippen molar-refractivity contribution in [2.24, 2.45) is 0 Å². The van der Waals surface area contributed by atoms with Crippen LogP contribution in [0.3, 0.4) is 0 Å². The summed E-state index contributed by atoms with van der Waals surface area (Å²) in [5.41, 5.74) is 0.526. The molecule has 0 aromatic heterocycles. The molecule has 0 aliphatic heterocycles. The zero-order valence-corrected chi connectivity index (χ0v) is 10.7. The fourth-order valence-electron chi connectivity index (χ4n) is 1.81. The first-order valence-electron chi connectivity index (χ1n) is 5.89. The number of carboxylic acids is 1. The third-order valence-corrected chi connectivity index (χ3v) is 2.87. The molecule has 2 N–H and O–H groups in total. The lowest BCUT2D eigenvalue weighted by atomic mass is 10.1. The molecule has 2 aromatic rings. The summed E-state index contributed by atoms with van der Waals surface area (Å²) in [6.07, 6.45) is 0. The van der Waals surface area contributed by atoms with Gasteiger partial charge in [-0.1, -0.05) is 24.3 Å². The average Bonchev–Trinajstić information content (AvgIpc) is 2.41. The highest BCUT2D eigenvalue weighted by Gasteiger charge is 2.16. The average molecular weight is 273 g/mol. The number of carbonyl (C=O) groups is 2. The molecule has 0 saturated heterocycles. The van der Waals surface area contributed by atoms with Crippen molar-refractivity contribution in [1.29, 1.82) is 0 Å². The summed E-state index contributed by atoms with van der Waals surface area (Å²) in [5, 5.41) is 11.2. The van der Waals surface area contributed by atoms with Crippen molar-refractivity contribution in [3.8, 4) is 0 Å². The van der Waals surface area contributed by atoms with Gasteiger partial charge in [-0.05, 0) is 30.7 Å². The normalized spacial score (nSPS) is 10.1. The Labute approximate surface area is 114 Å². The first-order chi connectivity index (χ1) is 9.50. The van der Waals surface area contributed by atoms with Gasteiger partial charge in [-0.25, -0.2) is 9.18 Å². The quantitative estimate of drug-likeness (QED) is 0.903. The molecule has 102 valence electrons. The number of carboxylic acid groups (broad SMARTS) is 1. The number of aryl methyl sites for hydroxylation is 1. The fourth-order valence-corrected chi connectivity index (χ4v) is 1.81. The molecule has 2 rings (SSSR count). The molecule has 0 saturated carbocycles. The van der Waals surface area contributed by atoms with Crippen molar-refractivity contribution in [3.63, 3.8) is 0 Å². The van der Waals surface area contributed by atoms with E-state index in [9.17, 15) is 14.0 Å². The lowest BCUT2D eigenvalue weighted by Crippen LogP contribution is -2.15. The Kier molecular flexibility index (Phi) is 3.79. The molecule has 0 aliphatic carbocycles. The van der Waals surface area contributed by atoms with Gasteiger partial charge in [0.2, 0.25) is 0 Å². The highest BCUT2D eigenvalue weighted by Crippen LogP contribution is 2.19. The van der Waals surface area contributed by atoms with Crippen LogP contribution in [-0.2, 0) is 0 Å². The highest BCUT2D eigenvalue weighted by molar-refractivity contribution is 6.05. The number of nitrogens with one attached hydrogen (secondary N) is 1. The number of amides is 1. The molecule has 0 fully saturated rings. The van der Waals surface area contributed by atoms with Gasteiger partial charge in [0.1, 0.15) is 0 Å². The molecular weight excluding hydrogens is 261 g/mol. The van der Waals surface area contributed by atoms with Gasteiger partial charge in [0.05, 0.1) is 11.3 Å². The minimum Gasteiger partial charge on any atom is -0.478 e. The third kappa shape index (κ3) is 2.66. The van der Waals surface area contributed by atoms with Crippen LogP contribution in [0.15, 0.2) is 42.5 Å². The molecule has 0 bridgehead atoms. The van der Waals surface area contributed by atoms with Crippen molar-refractivity contribution < 1.29 is 19.1 Å². The van der Waals surface area contributed by atoms with E-state index in [-0.39, 0.29) is 5.69 Å². The molecule has 0 unspecified atom stereocenters. The first-order valence-corrected chi connectivity index (χ1v) is 5.89. The smallest absolute Gasteiger partial charge is 0.338 e. The number of halogens is 1. The van der Waals surface area contributed by atoms with E-state index in [2.05, 4.69) is 5.32 Å². The summed E-state index contributed by atoms with van der Waals surface area (Å²) in [6.45, 7) is 1.76. The molecule has 1 amide bonds. The number of carbonyl (C=O) groups excluding carboxylic acids is 1. The van der Waals surface area contributed by atoms with Gasteiger partial charge >= 0.3 is 5.97 Å². The van der Waals surface area contributed by atoms with Gasteiger partial charge in [-0.3, -0.25) is 4.79 Å². The van der Waals surface area contributed by atoms with Gasteiger partial charge in [0, 0.05) is 5.56 Å². The van der Waals surface area contributed by atoms with E-state index >= 15 is 0 Å². The Balaban J connectivity index is 2.32. The standard InChI is InChI=1S/C15H12FNO3/c1-9-5-2-3-6-10(9)14(18)17-12-8-4-7-11(13(12)16)15(19)20/h2-8H,1H3,(H,17,18)(H,19,20). The maximum absolute atomic E-state index is 13.9. The fraction of sp³-hybridized carbons (Fsp3) is 0.0667. The number of hydrogen-bond donors (Lipinski definition) is 2. The molecule has 5 heteroatoms. The highest BCUT2D eigenvalue weighted by atomic mass is 19.1. The van der Waals surface area contributed by atoms with Crippen LogP contribution in [0.1, 0.15) is 26.3 Å². The number of rotatable bonds is 3. The van der Waals surface area contributed by atoms with Crippen LogP contribution >= 0.6 is 0 Å². The summed E-state index contributed by atoms with van der Waals surface area (Å²) < 4.78 is 13.9. The number of anilines is 1. The minimum atomic E-state index is -1.38. The zero-order chi connectivity index (χ0) is 14.7. The van der Waals surface area contributed by atoms with E-state index in [0.29, 0.717) is 5.56 Å². The van der Waals surface area contributed by atoms with E-state index in [1.54, 1.807) is 31.2 Å². The Morgan fingerprint density at radius 1 is 1.05 bits per heavy atom. The molecule has 0 radical (unpaired) electrons. The molecule has 0 atom stereocenters. The molecule has 0 spiro atoms. The monoisotopic (exact) mass is 273 g/mol. The Morgan fingerprint density at radius 2 is 1.70 bits per heavy atom. The largest absolute Gasteiger partial charge is 0.478 e. The van der Waals surface area contributed by atoms with Crippen molar-refractivity contribution in [2.45, 2.75) is 6.92 Å². The van der Waals surface area contributed by atoms with Gasteiger partial charge < -0.3 is 10.4 Å². The maximum Gasteiger partial charge on any atom is 0.338 e. The van der Waals surface area contributed by atoms with E-state index < -0.39 is 23.3 Å². The SMILES string of the molecule is Cc1ccccc1C(=O)Nc1cccc(C(=O)O)c1F. The number of hydrogen-bond acceptors (Lipinski definition) is 2. The van der Waals surface area contributed by atoms with Crippen molar-refractivity contribution in [2.75, 3.05) is 5.32 Å². The van der Waals surface area contributed by atoms with Crippen LogP contribution in [0, 0.1) is 12.7 Å². The molecule has 2 aromatic carbocycles. The zero-order valence-electron chi connectivity index (χ0n) is 10.7. The topological polar surface area (TPSA) is 66.4 Å². The number of aromatic carboxylic acids is 1. The van der Waals surface area contributed by atoms with Gasteiger partial charge in [0.15, 0.2) is 5.82 Å². The lowest BCUT2D eigenvalue weighted by molar-refractivity contribution is 0.0691. The van der Waals surface area contributed by atoms with E-state index in [4.69, 9.17) is 5.11 Å². The predicted octanol–water partition coefficient (Wildman–Crippen LogP) is 3.08. The summed E-state index contributed by atoms with van der Waals surface area (Å²) in [4.78, 5) is 22.9. The van der Waals surface area contributed by atoms with Crippen LogP contribution in [0.25, 0.3) is 0 Å². The Hall–Kier alpha value is -2.69.